The van der Waals surface area contributed by atoms with Crippen molar-refractivity contribution in [2.75, 3.05) is 6.61 Å². The molecular weight excluding hydrogens is 296 g/mol. The maximum Gasteiger partial charge on any atom is 0.345 e. The van der Waals surface area contributed by atoms with E-state index >= 15 is 0 Å². The van der Waals surface area contributed by atoms with Gasteiger partial charge >= 0.3 is 5.97 Å². The molecule has 0 radical (unpaired) electrons. The van der Waals surface area contributed by atoms with Crippen LogP contribution in [0.25, 0.3) is 11.6 Å². The molecule has 7 nitrogen and oxygen atoms in total. The first kappa shape index (κ1) is 16.2. The minimum absolute atomic E-state index is 0.130. The third-order valence-corrected chi connectivity index (χ3v) is 3.19. The molecule has 0 atom stereocenters. The van der Waals surface area contributed by atoms with Crippen LogP contribution in [-0.4, -0.2) is 27.1 Å². The minimum Gasteiger partial charge on any atom is -0.462 e. The monoisotopic (exact) mass is 312 g/mol. The van der Waals surface area contributed by atoms with Crippen LogP contribution in [-0.2, 0) is 11.8 Å². The van der Waals surface area contributed by atoms with Gasteiger partial charge in [0, 0.05) is 19.4 Å². The lowest BCUT2D eigenvalue weighted by Crippen LogP contribution is -2.21. The topological polar surface area (TPSA) is 101 Å². The van der Waals surface area contributed by atoms with Crippen LogP contribution in [0.4, 0.5) is 0 Å². The third-order valence-electron chi connectivity index (χ3n) is 3.19. The highest BCUT2D eigenvalue weighted by molar-refractivity contribution is 5.88. The molecule has 0 unspecified atom stereocenters. The Kier molecular flexibility index (Phi) is 4.76. The Hall–Kier alpha value is -3.14. The van der Waals surface area contributed by atoms with E-state index in [-0.39, 0.29) is 12.2 Å². The summed E-state index contributed by atoms with van der Waals surface area (Å²) in [6.07, 6.45) is 4.80. The summed E-state index contributed by atoms with van der Waals surface area (Å²) in [5.74, 6) is -0.346. The molecule has 0 saturated heterocycles. The van der Waals surface area contributed by atoms with Gasteiger partial charge in [0.05, 0.1) is 6.61 Å². The van der Waals surface area contributed by atoms with Gasteiger partial charge in [0.1, 0.15) is 23.2 Å². The van der Waals surface area contributed by atoms with Gasteiger partial charge in [-0.2, -0.15) is 5.26 Å². The van der Waals surface area contributed by atoms with E-state index in [2.05, 4.69) is 16.0 Å². The Morgan fingerprint density at radius 1 is 1.57 bits per heavy atom. The lowest BCUT2D eigenvalue weighted by Gasteiger charge is -2.03. The quantitative estimate of drug-likeness (QED) is 0.866. The highest BCUT2D eigenvalue weighted by atomic mass is 16.5. The van der Waals surface area contributed by atoms with Crippen molar-refractivity contribution in [3.05, 3.63) is 51.5 Å². The highest BCUT2D eigenvalue weighted by Gasteiger charge is 2.13. The van der Waals surface area contributed by atoms with Crippen LogP contribution in [0.5, 0.6) is 0 Å². The Bertz CT molecular complexity index is 868. The highest BCUT2D eigenvalue weighted by Crippen LogP contribution is 2.15. The van der Waals surface area contributed by atoms with Gasteiger partial charge in [-0.15, -0.1) is 0 Å². The molecule has 0 aliphatic rings. The van der Waals surface area contributed by atoms with Crippen LogP contribution in [0.2, 0.25) is 0 Å². The standard InChI is InChI=1S/C16H16N4O3/c1-4-23-16(22)13-8-18-14(19-15(13)21)10(2)5-11-6-12(7-17)20(3)9-11/h5-6,8-9H,4H2,1-3H3,(H,18,19,21). The second-order valence-corrected chi connectivity index (χ2v) is 4.90. The second-order valence-electron chi connectivity index (χ2n) is 4.90. The summed E-state index contributed by atoms with van der Waals surface area (Å²) in [5, 5.41) is 8.95. The number of hydrogen-bond donors (Lipinski definition) is 1. The van der Waals surface area contributed by atoms with Gasteiger partial charge in [-0.1, -0.05) is 0 Å². The van der Waals surface area contributed by atoms with Crippen molar-refractivity contribution in [2.24, 2.45) is 7.05 Å². The van der Waals surface area contributed by atoms with Crippen molar-refractivity contribution >= 4 is 17.6 Å². The van der Waals surface area contributed by atoms with Crippen LogP contribution in [0.3, 0.4) is 0 Å². The van der Waals surface area contributed by atoms with Crippen molar-refractivity contribution in [2.45, 2.75) is 13.8 Å². The molecular formula is C16H16N4O3. The molecule has 2 heterocycles. The average Bonchev–Trinajstić information content (AvgIpc) is 2.86. The van der Waals surface area contributed by atoms with Crippen molar-refractivity contribution < 1.29 is 9.53 Å². The molecule has 0 fully saturated rings. The normalized spacial score (nSPS) is 11.1. The lowest BCUT2D eigenvalue weighted by atomic mass is 10.2. The smallest absolute Gasteiger partial charge is 0.345 e. The maximum atomic E-state index is 11.9. The number of aryl methyl sites for hydroxylation is 1. The predicted molar refractivity (Wildman–Crippen MR) is 84.5 cm³/mol. The number of ether oxygens (including phenoxy) is 1. The van der Waals surface area contributed by atoms with Crippen molar-refractivity contribution in [3.63, 3.8) is 0 Å². The molecule has 118 valence electrons. The van der Waals surface area contributed by atoms with E-state index in [1.807, 2.05) is 0 Å². The van der Waals surface area contributed by atoms with Gasteiger partial charge in [0.25, 0.3) is 5.56 Å². The summed E-state index contributed by atoms with van der Waals surface area (Å²) < 4.78 is 6.49. The first-order valence-electron chi connectivity index (χ1n) is 6.97. The summed E-state index contributed by atoms with van der Waals surface area (Å²) in [5.41, 5.74) is 1.37. The molecule has 0 aromatic carbocycles. The number of nitrogens with zero attached hydrogens (tertiary/aromatic N) is 3. The van der Waals surface area contributed by atoms with Gasteiger partial charge in [0.15, 0.2) is 0 Å². The molecule has 23 heavy (non-hydrogen) atoms. The van der Waals surface area contributed by atoms with Crippen molar-refractivity contribution in [3.8, 4) is 6.07 Å². The zero-order valence-corrected chi connectivity index (χ0v) is 13.1. The van der Waals surface area contributed by atoms with Crippen LogP contribution in [0.1, 0.15) is 41.3 Å². The first-order chi connectivity index (χ1) is 11.0. The van der Waals surface area contributed by atoms with Crippen LogP contribution >= 0.6 is 0 Å². The van der Waals surface area contributed by atoms with Crippen molar-refractivity contribution in [1.29, 1.82) is 5.26 Å². The summed E-state index contributed by atoms with van der Waals surface area (Å²) in [6, 6.07) is 3.81. The zero-order valence-electron chi connectivity index (χ0n) is 13.1. The number of hydrogen-bond acceptors (Lipinski definition) is 5. The summed E-state index contributed by atoms with van der Waals surface area (Å²) in [6.45, 7) is 3.63. The summed E-state index contributed by atoms with van der Waals surface area (Å²) >= 11 is 0. The number of carbonyl (C=O) groups is 1. The van der Waals surface area contributed by atoms with Gasteiger partial charge in [-0.25, -0.2) is 9.78 Å². The number of nitriles is 1. The van der Waals surface area contributed by atoms with Crippen LogP contribution < -0.4 is 5.56 Å². The van der Waals surface area contributed by atoms with Crippen molar-refractivity contribution in [1.82, 2.24) is 14.5 Å². The number of H-pyrrole nitrogens is 1. The van der Waals surface area contributed by atoms with Gasteiger partial charge in [0.2, 0.25) is 0 Å². The number of carbonyl (C=O) groups excluding carboxylic acids is 1. The summed E-state index contributed by atoms with van der Waals surface area (Å²) in [4.78, 5) is 30.2. The second kappa shape index (κ2) is 6.75. The molecule has 0 spiro atoms. The number of aromatic amines is 1. The molecule has 2 rings (SSSR count). The first-order valence-corrected chi connectivity index (χ1v) is 6.97. The SMILES string of the molecule is CCOC(=O)c1cnc(C(C)=Cc2cc(C#N)n(C)c2)[nH]c1=O. The zero-order chi connectivity index (χ0) is 17.0. The van der Waals surface area contributed by atoms with Gasteiger partial charge in [-0.05, 0) is 37.1 Å². The fraction of sp³-hybridized carbons (Fsp3) is 0.250. The fourth-order valence-electron chi connectivity index (χ4n) is 2.05. The number of aromatic nitrogens is 3. The van der Waals surface area contributed by atoms with E-state index in [0.717, 1.165) is 5.56 Å². The molecule has 2 aromatic heterocycles. The number of rotatable bonds is 4. The van der Waals surface area contributed by atoms with E-state index in [9.17, 15) is 9.59 Å². The molecule has 7 heteroatoms. The molecule has 0 saturated carbocycles. The Labute approximate surface area is 132 Å². The Balaban J connectivity index is 2.32. The molecule has 2 aromatic rings. The van der Waals surface area contributed by atoms with Gasteiger partial charge < -0.3 is 14.3 Å². The molecule has 0 amide bonds. The van der Waals surface area contributed by atoms with Crippen LogP contribution in [0, 0.1) is 11.3 Å². The number of nitrogens with one attached hydrogen (secondary N) is 1. The van der Waals surface area contributed by atoms with E-state index in [1.165, 1.54) is 6.20 Å². The van der Waals surface area contributed by atoms with E-state index < -0.39 is 11.5 Å². The number of esters is 1. The summed E-state index contributed by atoms with van der Waals surface area (Å²) in [7, 11) is 1.78. The predicted octanol–water partition coefficient (Wildman–Crippen LogP) is 1.72. The maximum absolute atomic E-state index is 11.9. The minimum atomic E-state index is -0.698. The molecule has 0 aliphatic carbocycles. The van der Waals surface area contributed by atoms with E-state index in [0.29, 0.717) is 17.1 Å². The average molecular weight is 312 g/mol. The third kappa shape index (κ3) is 3.55. The fourth-order valence-corrected chi connectivity index (χ4v) is 2.05. The Morgan fingerprint density at radius 3 is 2.87 bits per heavy atom. The molecule has 0 bridgehead atoms. The molecule has 0 aliphatic heterocycles. The van der Waals surface area contributed by atoms with Gasteiger partial charge in [-0.3, -0.25) is 4.79 Å². The Morgan fingerprint density at radius 2 is 2.30 bits per heavy atom. The number of allylic oxidation sites excluding steroid dienone is 1. The van der Waals surface area contributed by atoms with E-state index in [4.69, 9.17) is 10.00 Å². The largest absolute Gasteiger partial charge is 0.462 e. The molecule has 1 N–H and O–H groups in total. The van der Waals surface area contributed by atoms with E-state index in [1.54, 1.807) is 43.8 Å². The lowest BCUT2D eigenvalue weighted by molar-refractivity contribution is 0.0523. The van der Waals surface area contributed by atoms with Crippen LogP contribution in [0.15, 0.2) is 23.3 Å².